The molecule has 0 rings (SSSR count). The van der Waals surface area contributed by atoms with Crippen molar-refractivity contribution in [3.05, 3.63) is 0 Å². The molecule has 0 spiro atoms. The first-order valence-corrected chi connectivity index (χ1v) is 6.22. The normalized spacial score (nSPS) is 9.00. The van der Waals surface area contributed by atoms with Gasteiger partial charge in [-0.1, -0.05) is 20.8 Å². The Morgan fingerprint density at radius 3 is 1.17 bits per heavy atom. The molecule has 0 amide bonds. The fourth-order valence-electron chi connectivity index (χ4n) is 1.17. The summed E-state index contributed by atoms with van der Waals surface area (Å²) in [6.07, 6.45) is 4.13. The molecule has 0 aliphatic heterocycles. The average Bonchev–Trinajstić information content (AvgIpc) is 1.90. The molecule has 71 valence electrons. The molecule has 0 bridgehead atoms. The molecule has 1 nitrogen and oxygen atoms in total. The Balaban J connectivity index is -0.000000405. The van der Waals surface area contributed by atoms with Crippen LogP contribution in [0.15, 0.2) is 0 Å². The Morgan fingerprint density at radius 1 is 0.750 bits per heavy atom. The molecule has 0 aliphatic carbocycles. The molecule has 0 aromatic rings. The van der Waals surface area contributed by atoms with Crippen LogP contribution in [0.3, 0.4) is 0 Å². The van der Waals surface area contributed by atoms with E-state index in [1.54, 1.807) is 0 Å². The van der Waals surface area contributed by atoms with Gasteiger partial charge in [0, 0.05) is 51.4 Å². The Labute approximate surface area is 123 Å². The second-order valence-corrected chi connectivity index (χ2v) is 5.17. The van der Waals surface area contributed by atoms with Crippen LogP contribution in [-0.2, 0) is 10.9 Å². The summed E-state index contributed by atoms with van der Waals surface area (Å²) >= 11 is 0. The van der Waals surface area contributed by atoms with E-state index in [9.17, 15) is 0 Å². The van der Waals surface area contributed by atoms with Gasteiger partial charge < -0.3 is 5.48 Å². The predicted molar refractivity (Wildman–Crippen MR) is 60.5 cm³/mol. The molecule has 3 heteroatoms. The van der Waals surface area contributed by atoms with Gasteiger partial charge >= 0.3 is 0 Å². The van der Waals surface area contributed by atoms with Crippen LogP contribution < -0.4 is 0 Å². The van der Waals surface area contributed by atoms with E-state index in [-0.39, 0.29) is 56.9 Å². The number of hydrogen-bond donors (Lipinski definition) is 0. The van der Waals surface area contributed by atoms with Crippen molar-refractivity contribution in [2.24, 2.45) is 0 Å². The van der Waals surface area contributed by atoms with Crippen molar-refractivity contribution < 1.29 is 5.48 Å². The quantitative estimate of drug-likeness (QED) is 0.496. The van der Waals surface area contributed by atoms with E-state index < -0.39 is 0 Å². The van der Waals surface area contributed by atoms with Crippen LogP contribution in [0.2, 0.25) is 0 Å². The maximum absolute atomic E-state index is 2.30. The smallest absolute Gasteiger partial charge is 0.107 e. The summed E-state index contributed by atoms with van der Waals surface area (Å²) < 4.78 is 0. The van der Waals surface area contributed by atoms with Crippen molar-refractivity contribution in [1.82, 2.24) is 0 Å². The largest absolute Gasteiger partial charge is 0.870 e. The molecular weight excluding hydrogens is 195 g/mol. The third-order valence-corrected chi connectivity index (χ3v) is 4.44. The van der Waals surface area contributed by atoms with Crippen LogP contribution in [0, 0.1) is 0 Å². The molecule has 0 unspecified atom stereocenters. The van der Waals surface area contributed by atoms with E-state index in [4.69, 9.17) is 0 Å². The molecular formula is C9H22KOS. The van der Waals surface area contributed by atoms with Gasteiger partial charge in [0.15, 0.2) is 0 Å². The maximum atomic E-state index is 2.30. The number of rotatable bonds is 6. The van der Waals surface area contributed by atoms with Crippen LogP contribution in [-0.4, -0.2) is 74.1 Å². The van der Waals surface area contributed by atoms with Crippen molar-refractivity contribution >= 4 is 62.3 Å². The molecule has 0 saturated carbocycles. The van der Waals surface area contributed by atoms with Gasteiger partial charge in [0.2, 0.25) is 0 Å². The van der Waals surface area contributed by atoms with Gasteiger partial charge in [-0.25, -0.2) is 0 Å². The van der Waals surface area contributed by atoms with Gasteiger partial charge in [0.05, 0.1) is 0 Å². The SMILES string of the molecule is CCC[S+](CCC)CCC.[K].[OH-]. The molecule has 0 aromatic heterocycles. The Morgan fingerprint density at radius 2 is 1.00 bits per heavy atom. The fourth-order valence-corrected chi connectivity index (χ4v) is 3.52. The topological polar surface area (TPSA) is 30.0 Å². The minimum atomic E-state index is 0. The van der Waals surface area contributed by atoms with Gasteiger partial charge in [-0.15, -0.1) is 0 Å². The molecule has 0 aliphatic rings. The third kappa shape index (κ3) is 11.9. The zero-order valence-electron chi connectivity index (χ0n) is 9.10. The van der Waals surface area contributed by atoms with E-state index >= 15 is 0 Å². The van der Waals surface area contributed by atoms with Crippen molar-refractivity contribution in [2.75, 3.05) is 17.3 Å². The molecule has 0 saturated heterocycles. The van der Waals surface area contributed by atoms with Crippen molar-refractivity contribution in [3.63, 3.8) is 0 Å². The first-order chi connectivity index (χ1) is 4.85. The van der Waals surface area contributed by atoms with Gasteiger partial charge in [0.25, 0.3) is 0 Å². The van der Waals surface area contributed by atoms with E-state index in [1.165, 1.54) is 36.5 Å². The predicted octanol–water partition coefficient (Wildman–Crippen LogP) is 2.28. The molecule has 0 atom stereocenters. The third-order valence-electron chi connectivity index (χ3n) is 1.48. The Kier molecular flexibility index (Phi) is 25.1. The first-order valence-electron chi connectivity index (χ1n) is 4.49. The van der Waals surface area contributed by atoms with Crippen LogP contribution in [0.1, 0.15) is 40.0 Å². The standard InChI is InChI=1S/C9H21S.K.H2O/c1-4-7-10(8-5-2)9-6-3;;/h4-9H2,1-3H3;;1H2/q+1;;/p-1. The van der Waals surface area contributed by atoms with Gasteiger partial charge in [0.1, 0.15) is 17.3 Å². The van der Waals surface area contributed by atoms with Crippen LogP contribution in [0.4, 0.5) is 0 Å². The summed E-state index contributed by atoms with van der Waals surface area (Å²) in [6.45, 7) is 6.89. The molecule has 0 aromatic carbocycles. The number of hydrogen-bond acceptors (Lipinski definition) is 1. The van der Waals surface area contributed by atoms with E-state index in [0.29, 0.717) is 0 Å². The average molecular weight is 217 g/mol. The summed E-state index contributed by atoms with van der Waals surface area (Å²) in [5.41, 5.74) is 0. The van der Waals surface area contributed by atoms with Gasteiger partial charge in [-0.2, -0.15) is 0 Å². The van der Waals surface area contributed by atoms with E-state index in [1.807, 2.05) is 0 Å². The summed E-state index contributed by atoms with van der Waals surface area (Å²) in [5.74, 6) is 4.42. The van der Waals surface area contributed by atoms with Crippen molar-refractivity contribution in [1.29, 1.82) is 0 Å². The van der Waals surface area contributed by atoms with Gasteiger partial charge in [-0.05, 0) is 30.2 Å². The first kappa shape index (κ1) is 19.5. The Hall–Kier alpha value is 1.95. The van der Waals surface area contributed by atoms with Crippen LogP contribution >= 0.6 is 0 Å². The molecule has 12 heavy (non-hydrogen) atoms. The van der Waals surface area contributed by atoms with Crippen molar-refractivity contribution in [3.8, 4) is 0 Å². The summed E-state index contributed by atoms with van der Waals surface area (Å²) in [7, 11) is 0.775. The molecule has 0 fully saturated rings. The fraction of sp³-hybridized carbons (Fsp3) is 1.00. The Bertz CT molecular complexity index is 57.3. The molecule has 1 radical (unpaired) electrons. The zero-order valence-corrected chi connectivity index (χ0v) is 13.0. The molecule has 0 heterocycles. The van der Waals surface area contributed by atoms with E-state index in [0.717, 1.165) is 10.9 Å². The second-order valence-electron chi connectivity index (χ2n) is 2.72. The van der Waals surface area contributed by atoms with Crippen molar-refractivity contribution in [2.45, 2.75) is 40.0 Å². The van der Waals surface area contributed by atoms with E-state index in [2.05, 4.69) is 20.8 Å². The van der Waals surface area contributed by atoms with Crippen LogP contribution in [0.5, 0.6) is 0 Å². The zero-order chi connectivity index (χ0) is 7.82. The minimum absolute atomic E-state index is 0. The maximum Gasteiger partial charge on any atom is 0.107 e. The summed E-state index contributed by atoms with van der Waals surface area (Å²) in [6, 6.07) is 0. The van der Waals surface area contributed by atoms with Crippen LogP contribution in [0.25, 0.3) is 0 Å². The second kappa shape index (κ2) is 15.4. The summed E-state index contributed by atoms with van der Waals surface area (Å²) in [5, 5.41) is 0. The monoisotopic (exact) mass is 217 g/mol. The molecule has 1 N–H and O–H groups in total. The minimum Gasteiger partial charge on any atom is -0.870 e. The summed E-state index contributed by atoms with van der Waals surface area (Å²) in [4.78, 5) is 0. The van der Waals surface area contributed by atoms with Gasteiger partial charge in [-0.3, -0.25) is 0 Å².